The average molecular weight is 387 g/mol. The van der Waals surface area contributed by atoms with Crippen molar-refractivity contribution in [1.29, 1.82) is 0 Å². The summed E-state index contributed by atoms with van der Waals surface area (Å²) in [6.07, 6.45) is 1.62. The Bertz CT molecular complexity index is 647. The molecule has 21 heavy (non-hydrogen) atoms. The van der Waals surface area contributed by atoms with Gasteiger partial charge in [-0.2, -0.15) is 0 Å². The molecule has 1 N–H and O–H groups in total. The molecule has 0 aliphatic carbocycles. The SMILES string of the molecule is O=C([O-])[C@H](CO)N1C(=O)/C(=C/c2cccc(Br)c2)SC1=S. The number of thioether (sulfide) groups is 1. The Morgan fingerprint density at radius 3 is 2.86 bits per heavy atom. The zero-order valence-corrected chi connectivity index (χ0v) is 13.7. The summed E-state index contributed by atoms with van der Waals surface area (Å²) < 4.78 is 0.944. The van der Waals surface area contributed by atoms with E-state index in [1.807, 2.05) is 18.2 Å². The Morgan fingerprint density at radius 1 is 1.57 bits per heavy atom. The third-order valence-corrected chi connectivity index (χ3v) is 4.55. The van der Waals surface area contributed by atoms with Crippen LogP contribution in [0.2, 0.25) is 0 Å². The molecule has 1 amide bonds. The van der Waals surface area contributed by atoms with E-state index >= 15 is 0 Å². The fraction of sp³-hybridized carbons (Fsp3) is 0.154. The Morgan fingerprint density at radius 2 is 2.29 bits per heavy atom. The van der Waals surface area contributed by atoms with Crippen LogP contribution in [0.15, 0.2) is 33.6 Å². The molecule has 5 nitrogen and oxygen atoms in total. The second-order valence-electron chi connectivity index (χ2n) is 4.12. The number of carboxylic acids is 1. The van der Waals surface area contributed by atoms with Gasteiger partial charge in [0.2, 0.25) is 0 Å². The lowest BCUT2D eigenvalue weighted by Gasteiger charge is -2.25. The van der Waals surface area contributed by atoms with E-state index in [0.717, 1.165) is 26.7 Å². The predicted molar refractivity (Wildman–Crippen MR) is 85.0 cm³/mol. The number of amides is 1. The second kappa shape index (κ2) is 6.69. The van der Waals surface area contributed by atoms with E-state index in [1.54, 1.807) is 12.1 Å². The van der Waals surface area contributed by atoms with Gasteiger partial charge in [0.05, 0.1) is 17.5 Å². The minimum absolute atomic E-state index is 0.0875. The van der Waals surface area contributed by atoms with Crippen LogP contribution in [0.5, 0.6) is 0 Å². The molecule has 1 aromatic carbocycles. The van der Waals surface area contributed by atoms with Crippen molar-refractivity contribution in [3.8, 4) is 0 Å². The van der Waals surface area contributed by atoms with Gasteiger partial charge in [0, 0.05) is 4.47 Å². The first-order valence-corrected chi connectivity index (χ1v) is 7.80. The number of halogens is 1. The molecule has 0 bridgehead atoms. The lowest BCUT2D eigenvalue weighted by Crippen LogP contribution is -2.51. The molecule has 110 valence electrons. The molecule has 8 heteroatoms. The van der Waals surface area contributed by atoms with Crippen LogP contribution in [-0.4, -0.2) is 38.9 Å². The number of carboxylic acid groups (broad SMARTS) is 1. The molecule has 2 rings (SSSR count). The average Bonchev–Trinajstić information content (AvgIpc) is 2.67. The van der Waals surface area contributed by atoms with Crippen molar-refractivity contribution in [2.24, 2.45) is 0 Å². The van der Waals surface area contributed by atoms with Gasteiger partial charge in [-0.25, -0.2) is 0 Å². The second-order valence-corrected chi connectivity index (χ2v) is 6.72. The Kier molecular flexibility index (Phi) is 5.15. The molecular formula is C13H9BrNO4S2-. The summed E-state index contributed by atoms with van der Waals surface area (Å²) in [5, 5.41) is 20.1. The molecule has 0 aromatic heterocycles. The number of hydrogen-bond acceptors (Lipinski definition) is 6. The zero-order chi connectivity index (χ0) is 15.6. The minimum Gasteiger partial charge on any atom is -0.548 e. The molecule has 0 unspecified atom stereocenters. The maximum absolute atomic E-state index is 12.2. The number of aliphatic hydroxyl groups excluding tert-OH is 1. The number of carbonyl (C=O) groups is 2. The summed E-state index contributed by atoms with van der Waals surface area (Å²) in [6, 6.07) is 5.81. The standard InChI is InChI=1S/C13H10BrNO4S2/c14-8-3-1-2-7(4-8)5-10-11(17)15(13(20)21-10)9(6-16)12(18)19/h1-5,9,16H,6H2,(H,18,19)/p-1/b10-5-/t9-/m0/s1. The summed E-state index contributed by atoms with van der Waals surface area (Å²) >= 11 is 9.34. The molecule has 0 spiro atoms. The van der Waals surface area contributed by atoms with Crippen molar-refractivity contribution in [2.45, 2.75) is 6.04 Å². The van der Waals surface area contributed by atoms with Crippen molar-refractivity contribution in [3.63, 3.8) is 0 Å². The molecule has 1 saturated heterocycles. The Hall–Kier alpha value is -1.22. The summed E-state index contributed by atoms with van der Waals surface area (Å²) in [4.78, 5) is 24.4. The lowest BCUT2D eigenvalue weighted by molar-refractivity contribution is -0.311. The van der Waals surface area contributed by atoms with E-state index < -0.39 is 24.5 Å². The van der Waals surface area contributed by atoms with E-state index in [0.29, 0.717) is 4.91 Å². The van der Waals surface area contributed by atoms with Crippen molar-refractivity contribution in [1.82, 2.24) is 4.90 Å². The Labute approximate surface area is 138 Å². The van der Waals surface area contributed by atoms with E-state index in [9.17, 15) is 14.7 Å². The van der Waals surface area contributed by atoms with Crippen molar-refractivity contribution in [3.05, 3.63) is 39.2 Å². The fourth-order valence-corrected chi connectivity index (χ4v) is 3.53. The summed E-state index contributed by atoms with van der Waals surface area (Å²) in [6.45, 7) is -0.751. The van der Waals surface area contributed by atoms with E-state index in [4.69, 9.17) is 17.3 Å². The molecule has 1 atom stereocenters. The molecule has 0 saturated carbocycles. The van der Waals surface area contributed by atoms with Gasteiger partial charge >= 0.3 is 0 Å². The number of carbonyl (C=O) groups excluding carboxylic acids is 2. The summed E-state index contributed by atoms with van der Waals surface area (Å²) in [7, 11) is 0. The van der Waals surface area contributed by atoms with Crippen LogP contribution in [0.4, 0.5) is 0 Å². The van der Waals surface area contributed by atoms with Gasteiger partial charge < -0.3 is 15.0 Å². The van der Waals surface area contributed by atoms with Crippen molar-refractivity contribution in [2.75, 3.05) is 6.61 Å². The number of hydrogen-bond donors (Lipinski definition) is 1. The highest BCUT2D eigenvalue weighted by molar-refractivity contribution is 9.10. The van der Waals surface area contributed by atoms with Crippen LogP contribution >= 0.6 is 39.9 Å². The predicted octanol–water partition coefficient (Wildman–Crippen LogP) is 0.761. The van der Waals surface area contributed by atoms with Crippen LogP contribution < -0.4 is 5.11 Å². The molecule has 1 aliphatic rings. The highest BCUT2D eigenvalue weighted by Crippen LogP contribution is 2.34. The fourth-order valence-electron chi connectivity index (χ4n) is 1.76. The highest BCUT2D eigenvalue weighted by Gasteiger charge is 2.37. The molecule has 1 aromatic rings. The van der Waals surface area contributed by atoms with Gasteiger partial charge in [0.15, 0.2) is 0 Å². The Balaban J connectivity index is 2.31. The van der Waals surface area contributed by atoms with E-state index in [-0.39, 0.29) is 4.32 Å². The van der Waals surface area contributed by atoms with Crippen molar-refractivity contribution < 1.29 is 19.8 Å². The van der Waals surface area contributed by atoms with Crippen LogP contribution in [0, 0.1) is 0 Å². The monoisotopic (exact) mass is 386 g/mol. The number of nitrogens with zero attached hydrogens (tertiary/aromatic N) is 1. The number of benzene rings is 1. The molecule has 1 aliphatic heterocycles. The van der Waals surface area contributed by atoms with Gasteiger partial charge in [-0.3, -0.25) is 9.69 Å². The first-order valence-electron chi connectivity index (χ1n) is 5.78. The third kappa shape index (κ3) is 3.52. The minimum atomic E-state index is -1.54. The summed E-state index contributed by atoms with van der Waals surface area (Å²) in [5.74, 6) is -2.09. The molecule has 0 radical (unpaired) electrons. The molecule has 1 fully saturated rings. The van der Waals surface area contributed by atoms with Gasteiger partial charge in [-0.15, -0.1) is 0 Å². The molecule has 1 heterocycles. The van der Waals surface area contributed by atoms with Crippen LogP contribution in [-0.2, 0) is 9.59 Å². The third-order valence-electron chi connectivity index (χ3n) is 2.73. The lowest BCUT2D eigenvalue weighted by atomic mass is 10.2. The van der Waals surface area contributed by atoms with Gasteiger partial charge in [0.1, 0.15) is 10.4 Å². The van der Waals surface area contributed by atoms with Gasteiger partial charge in [0.25, 0.3) is 5.91 Å². The number of thiocarbonyl (C=S) groups is 1. The first kappa shape index (κ1) is 16.2. The smallest absolute Gasteiger partial charge is 0.266 e. The quantitative estimate of drug-likeness (QED) is 0.607. The van der Waals surface area contributed by atoms with Crippen molar-refractivity contribution >= 4 is 62.2 Å². The van der Waals surface area contributed by atoms with E-state index in [2.05, 4.69) is 15.9 Å². The van der Waals surface area contributed by atoms with Crippen LogP contribution in [0.1, 0.15) is 5.56 Å². The number of aliphatic carboxylic acids is 1. The maximum atomic E-state index is 12.2. The van der Waals surface area contributed by atoms with Gasteiger partial charge in [-0.1, -0.05) is 52.0 Å². The largest absolute Gasteiger partial charge is 0.548 e. The normalized spacial score (nSPS) is 18.4. The number of rotatable bonds is 4. The molecular weight excluding hydrogens is 378 g/mol. The highest BCUT2D eigenvalue weighted by atomic mass is 79.9. The zero-order valence-electron chi connectivity index (χ0n) is 10.5. The maximum Gasteiger partial charge on any atom is 0.266 e. The summed E-state index contributed by atoms with van der Waals surface area (Å²) in [5.41, 5.74) is 0.777. The topological polar surface area (TPSA) is 80.7 Å². The number of aliphatic hydroxyl groups is 1. The van der Waals surface area contributed by atoms with Gasteiger partial charge in [-0.05, 0) is 23.8 Å². The first-order chi connectivity index (χ1) is 9.93. The van der Waals surface area contributed by atoms with Crippen LogP contribution in [0.25, 0.3) is 6.08 Å². The van der Waals surface area contributed by atoms with Crippen LogP contribution in [0.3, 0.4) is 0 Å². The van der Waals surface area contributed by atoms with E-state index in [1.165, 1.54) is 0 Å².